The first kappa shape index (κ1) is 14.2. The van der Waals surface area contributed by atoms with E-state index in [2.05, 4.69) is 50.1 Å². The number of hydrogen-bond acceptors (Lipinski definition) is 3. The lowest BCUT2D eigenvalue weighted by atomic mass is 10.1. The molecule has 21 heavy (non-hydrogen) atoms. The summed E-state index contributed by atoms with van der Waals surface area (Å²) in [5.41, 5.74) is 4.06. The molecule has 0 aliphatic rings. The van der Waals surface area contributed by atoms with Crippen molar-refractivity contribution >= 4 is 28.1 Å². The number of halogens is 1. The standard InChI is InChI=1S/C15H13BrN4S/c1-9-3-4-11(12(16)5-9)15-18-13(6-14(21)19-15)10-7-17-20(2)8-10/h3-8H,1-2H3,(H,18,19,21). The zero-order valence-corrected chi connectivity index (χ0v) is 14.0. The highest BCUT2D eigenvalue weighted by molar-refractivity contribution is 9.10. The van der Waals surface area contributed by atoms with Gasteiger partial charge in [-0.25, -0.2) is 4.98 Å². The molecule has 0 aliphatic heterocycles. The molecule has 1 aromatic carbocycles. The molecule has 0 saturated carbocycles. The molecular formula is C15H13BrN4S. The van der Waals surface area contributed by atoms with E-state index in [0.717, 1.165) is 27.1 Å². The maximum absolute atomic E-state index is 5.29. The highest BCUT2D eigenvalue weighted by Gasteiger charge is 2.09. The molecule has 2 heterocycles. The third kappa shape index (κ3) is 2.96. The van der Waals surface area contributed by atoms with Crippen molar-refractivity contribution in [3.63, 3.8) is 0 Å². The summed E-state index contributed by atoms with van der Waals surface area (Å²) in [7, 11) is 1.89. The van der Waals surface area contributed by atoms with Gasteiger partial charge in [0.1, 0.15) is 10.5 Å². The molecule has 0 unspecified atom stereocenters. The minimum atomic E-state index is 0.551. The van der Waals surface area contributed by atoms with Crippen LogP contribution in [0.2, 0.25) is 0 Å². The van der Waals surface area contributed by atoms with Crippen LogP contribution in [0.3, 0.4) is 0 Å². The van der Waals surface area contributed by atoms with Crippen LogP contribution >= 0.6 is 28.1 Å². The molecule has 0 amide bonds. The quantitative estimate of drug-likeness (QED) is 0.693. The number of nitrogens with zero attached hydrogens (tertiary/aromatic N) is 3. The summed E-state index contributed by atoms with van der Waals surface area (Å²) in [5.74, 6) is 0.744. The number of aromatic nitrogens is 4. The Morgan fingerprint density at radius 2 is 2.10 bits per heavy atom. The van der Waals surface area contributed by atoms with Crippen molar-refractivity contribution in [3.05, 3.63) is 51.3 Å². The van der Waals surface area contributed by atoms with Crippen molar-refractivity contribution in [1.29, 1.82) is 0 Å². The second-order valence-electron chi connectivity index (χ2n) is 4.87. The fraction of sp³-hybridized carbons (Fsp3) is 0.133. The third-order valence-corrected chi connectivity index (χ3v) is 4.00. The SMILES string of the molecule is Cc1ccc(-c2nc(=S)cc(-c3cnn(C)c3)[nH]2)c(Br)c1. The summed E-state index contributed by atoms with van der Waals surface area (Å²) in [6, 6.07) is 7.98. The highest BCUT2D eigenvalue weighted by Crippen LogP contribution is 2.28. The Balaban J connectivity index is 2.16. The molecule has 0 saturated heterocycles. The summed E-state index contributed by atoms with van der Waals surface area (Å²) in [6.45, 7) is 2.05. The topological polar surface area (TPSA) is 46.5 Å². The number of hydrogen-bond donors (Lipinski definition) is 1. The first-order valence-electron chi connectivity index (χ1n) is 6.40. The summed E-state index contributed by atoms with van der Waals surface area (Å²) in [4.78, 5) is 7.76. The van der Waals surface area contributed by atoms with Crippen molar-refractivity contribution < 1.29 is 0 Å². The van der Waals surface area contributed by atoms with Crippen LogP contribution < -0.4 is 0 Å². The molecule has 1 N–H and O–H groups in total. The lowest BCUT2D eigenvalue weighted by molar-refractivity contribution is 0.768. The second-order valence-corrected chi connectivity index (χ2v) is 6.14. The van der Waals surface area contributed by atoms with E-state index in [9.17, 15) is 0 Å². The van der Waals surface area contributed by atoms with Crippen LogP contribution in [0, 0.1) is 11.6 Å². The Kier molecular flexibility index (Phi) is 3.73. The Labute approximate surface area is 136 Å². The minimum absolute atomic E-state index is 0.551. The number of H-pyrrole nitrogens is 1. The van der Waals surface area contributed by atoms with E-state index in [0.29, 0.717) is 4.64 Å². The summed E-state index contributed by atoms with van der Waals surface area (Å²) >= 11 is 8.87. The van der Waals surface area contributed by atoms with Crippen molar-refractivity contribution in [2.24, 2.45) is 7.05 Å². The average Bonchev–Trinajstić information content (AvgIpc) is 2.84. The molecule has 3 rings (SSSR count). The van der Waals surface area contributed by atoms with E-state index in [1.165, 1.54) is 5.56 Å². The lowest BCUT2D eigenvalue weighted by Gasteiger charge is -2.07. The van der Waals surface area contributed by atoms with Gasteiger partial charge in [0.15, 0.2) is 0 Å². The zero-order valence-electron chi connectivity index (χ0n) is 11.6. The molecule has 4 nitrogen and oxygen atoms in total. The van der Waals surface area contributed by atoms with Gasteiger partial charge in [-0.2, -0.15) is 5.10 Å². The monoisotopic (exact) mass is 360 g/mol. The van der Waals surface area contributed by atoms with E-state index in [1.54, 1.807) is 10.9 Å². The number of nitrogens with one attached hydrogen (secondary N) is 1. The van der Waals surface area contributed by atoms with Gasteiger partial charge >= 0.3 is 0 Å². The van der Waals surface area contributed by atoms with Crippen LogP contribution in [0.4, 0.5) is 0 Å². The smallest absolute Gasteiger partial charge is 0.140 e. The average molecular weight is 361 g/mol. The van der Waals surface area contributed by atoms with Crippen LogP contribution in [0.5, 0.6) is 0 Å². The van der Waals surface area contributed by atoms with Crippen LogP contribution in [0.15, 0.2) is 41.1 Å². The van der Waals surface area contributed by atoms with Gasteiger partial charge in [0.25, 0.3) is 0 Å². The van der Waals surface area contributed by atoms with Gasteiger partial charge in [-0.1, -0.05) is 34.2 Å². The predicted octanol–water partition coefficient (Wildman–Crippen LogP) is 4.28. The van der Waals surface area contributed by atoms with Crippen molar-refractivity contribution in [2.45, 2.75) is 6.92 Å². The Hall–Kier alpha value is -1.79. The normalized spacial score (nSPS) is 10.8. The van der Waals surface area contributed by atoms with Crippen molar-refractivity contribution in [1.82, 2.24) is 19.7 Å². The number of benzene rings is 1. The molecule has 0 fully saturated rings. The zero-order chi connectivity index (χ0) is 15.0. The number of rotatable bonds is 2. The van der Waals surface area contributed by atoms with E-state index >= 15 is 0 Å². The fourth-order valence-electron chi connectivity index (χ4n) is 2.11. The predicted molar refractivity (Wildman–Crippen MR) is 89.5 cm³/mol. The van der Waals surface area contributed by atoms with Crippen LogP contribution in [-0.2, 0) is 7.05 Å². The maximum atomic E-state index is 5.29. The maximum Gasteiger partial charge on any atom is 0.140 e. The molecule has 0 atom stereocenters. The van der Waals surface area contributed by atoms with Gasteiger partial charge in [0, 0.05) is 28.8 Å². The molecule has 0 aliphatic carbocycles. The fourth-order valence-corrected chi connectivity index (χ4v) is 3.00. The molecule has 0 radical (unpaired) electrons. The molecule has 2 aromatic heterocycles. The van der Waals surface area contributed by atoms with Gasteiger partial charge in [-0.3, -0.25) is 4.68 Å². The van der Waals surface area contributed by atoms with Crippen LogP contribution in [-0.4, -0.2) is 19.7 Å². The van der Waals surface area contributed by atoms with E-state index in [4.69, 9.17) is 12.2 Å². The first-order chi connectivity index (χ1) is 10.0. The highest BCUT2D eigenvalue weighted by atomic mass is 79.9. The lowest BCUT2D eigenvalue weighted by Crippen LogP contribution is -1.93. The Morgan fingerprint density at radius 1 is 1.29 bits per heavy atom. The van der Waals surface area contributed by atoms with Gasteiger partial charge in [0.05, 0.1) is 11.9 Å². The molecular weight excluding hydrogens is 348 g/mol. The molecule has 0 spiro atoms. The molecule has 106 valence electrons. The summed E-state index contributed by atoms with van der Waals surface area (Å²) in [6.07, 6.45) is 3.74. The van der Waals surface area contributed by atoms with Crippen molar-refractivity contribution in [2.75, 3.05) is 0 Å². The number of aryl methyl sites for hydroxylation is 2. The van der Waals surface area contributed by atoms with Gasteiger partial charge in [0.2, 0.25) is 0 Å². The van der Waals surface area contributed by atoms with E-state index < -0.39 is 0 Å². The Bertz CT molecular complexity index is 866. The molecule has 3 aromatic rings. The molecule has 6 heteroatoms. The summed E-state index contributed by atoms with van der Waals surface area (Å²) < 4.78 is 3.30. The first-order valence-corrected chi connectivity index (χ1v) is 7.60. The third-order valence-electron chi connectivity index (χ3n) is 3.14. The van der Waals surface area contributed by atoms with Gasteiger partial charge in [-0.15, -0.1) is 0 Å². The van der Waals surface area contributed by atoms with Crippen molar-refractivity contribution in [3.8, 4) is 22.6 Å². The van der Waals surface area contributed by atoms with Gasteiger partial charge in [-0.05, 0) is 30.7 Å². The van der Waals surface area contributed by atoms with Crippen LogP contribution in [0.1, 0.15) is 5.56 Å². The minimum Gasteiger partial charge on any atom is -0.339 e. The van der Waals surface area contributed by atoms with Gasteiger partial charge < -0.3 is 4.98 Å². The van der Waals surface area contributed by atoms with Crippen LogP contribution in [0.25, 0.3) is 22.6 Å². The number of aromatic amines is 1. The van der Waals surface area contributed by atoms with E-state index in [1.807, 2.05) is 25.4 Å². The van der Waals surface area contributed by atoms with E-state index in [-0.39, 0.29) is 0 Å². The molecule has 0 bridgehead atoms. The second kappa shape index (κ2) is 5.54. The Morgan fingerprint density at radius 3 is 2.76 bits per heavy atom. The largest absolute Gasteiger partial charge is 0.339 e. The summed E-state index contributed by atoms with van der Waals surface area (Å²) in [5, 5.41) is 4.19.